The lowest BCUT2D eigenvalue weighted by Gasteiger charge is -2.26. The van der Waals surface area contributed by atoms with Gasteiger partial charge in [0.25, 0.3) is 0 Å². The number of hydrogen-bond acceptors (Lipinski definition) is 5. The minimum atomic E-state index is 0.784. The predicted octanol–water partition coefficient (Wildman–Crippen LogP) is 2.63. The van der Waals surface area contributed by atoms with E-state index in [2.05, 4.69) is 32.5 Å². The number of benzene rings is 1. The van der Waals surface area contributed by atoms with Crippen LogP contribution < -0.4 is 5.32 Å². The first kappa shape index (κ1) is 16.3. The van der Waals surface area contributed by atoms with Crippen molar-refractivity contribution in [2.24, 2.45) is 0 Å². The van der Waals surface area contributed by atoms with Gasteiger partial charge in [-0.2, -0.15) is 5.10 Å². The van der Waals surface area contributed by atoms with Crippen LogP contribution in [0, 0.1) is 0 Å². The second kappa shape index (κ2) is 7.82. The first-order valence-corrected chi connectivity index (χ1v) is 8.92. The smallest absolute Gasteiger partial charge is 0.153 e. The maximum Gasteiger partial charge on any atom is 0.153 e. The lowest BCUT2D eigenvalue weighted by molar-refractivity contribution is 0.0374. The van der Waals surface area contributed by atoms with E-state index in [9.17, 15) is 0 Å². The van der Waals surface area contributed by atoms with Crippen LogP contribution in [0.1, 0.15) is 12.0 Å². The van der Waals surface area contributed by atoms with Crippen LogP contribution in [0.2, 0.25) is 0 Å². The fraction of sp³-hybridized carbons (Fsp3) is 0.421. The molecule has 0 bridgehead atoms. The number of H-pyrrole nitrogens is 1. The SMILES string of the molecule is c1ccc2oc(-c3[nH]ncc3CNCCCN3CCOCC3)cc2c1. The molecule has 1 aliphatic rings. The molecule has 1 aliphatic heterocycles. The number of ether oxygens (including phenoxy) is 1. The van der Waals surface area contributed by atoms with Gasteiger partial charge in [0.05, 0.1) is 19.4 Å². The fourth-order valence-corrected chi connectivity index (χ4v) is 3.24. The number of hydrogen-bond donors (Lipinski definition) is 2. The Labute approximate surface area is 147 Å². The average Bonchev–Trinajstić information content (AvgIpc) is 3.28. The molecule has 3 heterocycles. The Hall–Kier alpha value is -2.15. The summed E-state index contributed by atoms with van der Waals surface area (Å²) in [5.41, 5.74) is 2.99. The second-order valence-corrected chi connectivity index (χ2v) is 6.40. The van der Waals surface area contributed by atoms with E-state index in [0.29, 0.717) is 0 Å². The Morgan fingerprint density at radius 1 is 1.20 bits per heavy atom. The summed E-state index contributed by atoms with van der Waals surface area (Å²) in [7, 11) is 0. The minimum absolute atomic E-state index is 0.784. The molecule has 6 heteroatoms. The van der Waals surface area contributed by atoms with E-state index >= 15 is 0 Å². The number of aromatic nitrogens is 2. The Bertz CT molecular complexity index is 771. The number of aromatic amines is 1. The van der Waals surface area contributed by atoms with Gasteiger partial charge < -0.3 is 14.5 Å². The molecule has 1 aromatic carbocycles. The van der Waals surface area contributed by atoms with E-state index in [1.54, 1.807) is 0 Å². The first-order valence-electron chi connectivity index (χ1n) is 8.92. The van der Waals surface area contributed by atoms with Gasteiger partial charge in [-0.15, -0.1) is 0 Å². The molecule has 0 radical (unpaired) electrons. The summed E-state index contributed by atoms with van der Waals surface area (Å²) in [6.07, 6.45) is 3.01. The number of nitrogens with zero attached hydrogens (tertiary/aromatic N) is 2. The summed E-state index contributed by atoms with van der Waals surface area (Å²) < 4.78 is 11.3. The van der Waals surface area contributed by atoms with Gasteiger partial charge in [-0.3, -0.25) is 10.00 Å². The van der Waals surface area contributed by atoms with E-state index in [-0.39, 0.29) is 0 Å². The van der Waals surface area contributed by atoms with Gasteiger partial charge in [0.15, 0.2) is 5.76 Å². The van der Waals surface area contributed by atoms with E-state index < -0.39 is 0 Å². The molecular formula is C19H24N4O2. The molecule has 0 unspecified atom stereocenters. The number of furan rings is 1. The standard InChI is InChI=1S/C19H24N4O2/c1-2-5-17-15(4-1)12-18(25-17)19-16(14-21-22-19)13-20-6-3-7-23-8-10-24-11-9-23/h1-2,4-5,12,14,20H,3,6-11,13H2,(H,21,22). The molecule has 1 fully saturated rings. The Kier molecular flexibility index (Phi) is 5.11. The van der Waals surface area contributed by atoms with Gasteiger partial charge in [-0.25, -0.2) is 0 Å². The largest absolute Gasteiger partial charge is 0.454 e. The number of fused-ring (bicyclic) bond motifs is 1. The molecule has 0 atom stereocenters. The normalized spacial score (nSPS) is 15.8. The molecule has 0 amide bonds. The molecule has 2 N–H and O–H groups in total. The topological polar surface area (TPSA) is 66.3 Å². The van der Waals surface area contributed by atoms with Crippen molar-refractivity contribution in [3.63, 3.8) is 0 Å². The average molecular weight is 340 g/mol. The molecule has 2 aromatic heterocycles. The van der Waals surface area contributed by atoms with Gasteiger partial charge in [0.1, 0.15) is 11.3 Å². The minimum Gasteiger partial charge on any atom is -0.454 e. The Morgan fingerprint density at radius 3 is 2.96 bits per heavy atom. The lowest BCUT2D eigenvalue weighted by atomic mass is 10.2. The molecule has 1 saturated heterocycles. The highest BCUT2D eigenvalue weighted by molar-refractivity contribution is 5.82. The van der Waals surface area contributed by atoms with Gasteiger partial charge >= 0.3 is 0 Å². The summed E-state index contributed by atoms with van der Waals surface area (Å²) in [6.45, 7) is 6.73. The molecule has 0 aliphatic carbocycles. The summed E-state index contributed by atoms with van der Waals surface area (Å²) in [6, 6.07) is 10.1. The summed E-state index contributed by atoms with van der Waals surface area (Å²) in [5.74, 6) is 0.837. The van der Waals surface area contributed by atoms with Crippen molar-refractivity contribution in [2.45, 2.75) is 13.0 Å². The van der Waals surface area contributed by atoms with Crippen LogP contribution in [0.4, 0.5) is 0 Å². The van der Waals surface area contributed by atoms with E-state index in [0.717, 1.165) is 80.3 Å². The van der Waals surface area contributed by atoms with Gasteiger partial charge in [-0.05, 0) is 31.6 Å². The number of para-hydroxylation sites is 1. The molecule has 4 rings (SSSR count). The van der Waals surface area contributed by atoms with Crippen LogP contribution >= 0.6 is 0 Å². The molecule has 132 valence electrons. The predicted molar refractivity (Wildman–Crippen MR) is 97.4 cm³/mol. The lowest BCUT2D eigenvalue weighted by Crippen LogP contribution is -2.37. The Balaban J connectivity index is 1.31. The van der Waals surface area contributed by atoms with Crippen molar-refractivity contribution in [3.05, 3.63) is 42.1 Å². The van der Waals surface area contributed by atoms with E-state index in [1.165, 1.54) is 0 Å². The zero-order valence-corrected chi connectivity index (χ0v) is 14.3. The van der Waals surface area contributed by atoms with Crippen molar-refractivity contribution in [2.75, 3.05) is 39.4 Å². The molecule has 0 saturated carbocycles. The second-order valence-electron chi connectivity index (χ2n) is 6.40. The van der Waals surface area contributed by atoms with Gasteiger partial charge in [0, 0.05) is 30.6 Å². The third-order valence-electron chi connectivity index (χ3n) is 4.64. The fourth-order valence-electron chi connectivity index (χ4n) is 3.24. The highest BCUT2D eigenvalue weighted by Crippen LogP contribution is 2.28. The van der Waals surface area contributed by atoms with Crippen LogP contribution in [0.25, 0.3) is 22.4 Å². The van der Waals surface area contributed by atoms with Crippen LogP contribution in [-0.2, 0) is 11.3 Å². The van der Waals surface area contributed by atoms with E-state index in [1.807, 2.05) is 24.4 Å². The van der Waals surface area contributed by atoms with Gasteiger partial charge in [0.2, 0.25) is 0 Å². The molecule has 25 heavy (non-hydrogen) atoms. The van der Waals surface area contributed by atoms with Crippen molar-refractivity contribution < 1.29 is 9.15 Å². The maximum absolute atomic E-state index is 5.94. The van der Waals surface area contributed by atoms with E-state index in [4.69, 9.17) is 9.15 Å². The highest BCUT2D eigenvalue weighted by atomic mass is 16.5. The quantitative estimate of drug-likeness (QED) is 0.647. The van der Waals surface area contributed by atoms with Gasteiger partial charge in [-0.1, -0.05) is 18.2 Å². The molecule has 0 spiro atoms. The van der Waals surface area contributed by atoms with Crippen LogP contribution in [0.15, 0.2) is 40.9 Å². The van der Waals surface area contributed by atoms with Crippen molar-refractivity contribution in [3.8, 4) is 11.5 Å². The van der Waals surface area contributed by atoms with Crippen molar-refractivity contribution >= 4 is 11.0 Å². The maximum atomic E-state index is 5.94. The highest BCUT2D eigenvalue weighted by Gasteiger charge is 2.13. The van der Waals surface area contributed by atoms with Crippen molar-refractivity contribution in [1.29, 1.82) is 0 Å². The summed E-state index contributed by atoms with van der Waals surface area (Å²) in [4.78, 5) is 2.46. The number of morpholine rings is 1. The number of nitrogens with one attached hydrogen (secondary N) is 2. The summed E-state index contributed by atoms with van der Waals surface area (Å²) >= 11 is 0. The summed E-state index contributed by atoms with van der Waals surface area (Å²) in [5, 5.41) is 11.9. The third kappa shape index (κ3) is 3.92. The van der Waals surface area contributed by atoms with Crippen molar-refractivity contribution in [1.82, 2.24) is 20.4 Å². The zero-order chi connectivity index (χ0) is 16.9. The monoisotopic (exact) mass is 340 g/mol. The molecule has 6 nitrogen and oxygen atoms in total. The third-order valence-corrected chi connectivity index (χ3v) is 4.64. The van der Waals surface area contributed by atoms with Crippen LogP contribution in [-0.4, -0.2) is 54.5 Å². The Morgan fingerprint density at radius 2 is 2.08 bits per heavy atom. The zero-order valence-electron chi connectivity index (χ0n) is 14.3. The number of rotatable bonds is 7. The molecular weight excluding hydrogens is 316 g/mol. The molecule has 3 aromatic rings. The van der Waals surface area contributed by atoms with Crippen LogP contribution in [0.5, 0.6) is 0 Å². The van der Waals surface area contributed by atoms with Crippen LogP contribution in [0.3, 0.4) is 0 Å². The first-order chi connectivity index (χ1) is 12.4.